The summed E-state index contributed by atoms with van der Waals surface area (Å²) in [5.74, 6) is 1.00. The van der Waals surface area contributed by atoms with Gasteiger partial charge in [0.05, 0.1) is 6.04 Å². The fourth-order valence-electron chi connectivity index (χ4n) is 2.26. The van der Waals surface area contributed by atoms with Gasteiger partial charge in [-0.1, -0.05) is 33.1 Å². The van der Waals surface area contributed by atoms with Crippen molar-refractivity contribution in [1.29, 1.82) is 0 Å². The molecule has 1 N–H and O–H groups in total. The molecule has 0 aromatic carbocycles. The van der Waals surface area contributed by atoms with Gasteiger partial charge in [-0.15, -0.1) is 0 Å². The summed E-state index contributed by atoms with van der Waals surface area (Å²) >= 11 is 0. The summed E-state index contributed by atoms with van der Waals surface area (Å²) in [6, 6.07) is 0.0840. The second-order valence-electron chi connectivity index (χ2n) is 4.93. The molecule has 0 radical (unpaired) electrons. The van der Waals surface area contributed by atoms with E-state index in [9.17, 15) is 4.79 Å². The van der Waals surface area contributed by atoms with Crippen LogP contribution in [-0.4, -0.2) is 37.0 Å². The molecule has 0 aromatic rings. The zero-order valence-corrected chi connectivity index (χ0v) is 11.0. The van der Waals surface area contributed by atoms with Gasteiger partial charge in [0.15, 0.2) is 0 Å². The number of nitrogens with zero attached hydrogens (tertiary/aromatic N) is 1. The first-order chi connectivity index (χ1) is 7.69. The van der Waals surface area contributed by atoms with E-state index in [4.69, 9.17) is 0 Å². The lowest BCUT2D eigenvalue weighted by Crippen LogP contribution is -2.39. The first-order valence-electron chi connectivity index (χ1n) is 6.67. The van der Waals surface area contributed by atoms with Gasteiger partial charge in [-0.2, -0.15) is 0 Å². The number of hydrogen-bond donors (Lipinski definition) is 1. The molecule has 1 heterocycles. The molecule has 1 amide bonds. The van der Waals surface area contributed by atoms with Crippen LogP contribution in [0.4, 0.5) is 0 Å². The summed E-state index contributed by atoms with van der Waals surface area (Å²) in [5.41, 5.74) is 0. The zero-order chi connectivity index (χ0) is 12.0. The molecule has 2 atom stereocenters. The molecule has 3 heteroatoms. The van der Waals surface area contributed by atoms with Crippen LogP contribution in [-0.2, 0) is 4.79 Å². The van der Waals surface area contributed by atoms with Crippen molar-refractivity contribution in [2.24, 2.45) is 5.92 Å². The van der Waals surface area contributed by atoms with Gasteiger partial charge in [-0.25, -0.2) is 0 Å². The topological polar surface area (TPSA) is 32.3 Å². The Morgan fingerprint density at radius 1 is 1.50 bits per heavy atom. The largest absolute Gasteiger partial charge is 0.344 e. The number of rotatable bonds is 7. The SMILES string of the molecule is CCCCC(CC)CNC1CCN(C)C1=O. The normalized spacial score (nSPS) is 22.8. The van der Waals surface area contributed by atoms with Crippen LogP contribution >= 0.6 is 0 Å². The molecule has 1 rings (SSSR count). The van der Waals surface area contributed by atoms with Gasteiger partial charge in [0.1, 0.15) is 0 Å². The van der Waals surface area contributed by atoms with Crippen LogP contribution in [0.2, 0.25) is 0 Å². The molecule has 1 aliphatic heterocycles. The van der Waals surface area contributed by atoms with Gasteiger partial charge in [0.25, 0.3) is 0 Å². The number of amides is 1. The van der Waals surface area contributed by atoms with Crippen LogP contribution in [0, 0.1) is 5.92 Å². The maximum absolute atomic E-state index is 11.7. The fourth-order valence-corrected chi connectivity index (χ4v) is 2.26. The third-order valence-electron chi connectivity index (χ3n) is 3.62. The third-order valence-corrected chi connectivity index (χ3v) is 3.62. The molecule has 0 aliphatic carbocycles. The number of likely N-dealkylation sites (tertiary alicyclic amines) is 1. The Kier molecular flexibility index (Phi) is 5.81. The second kappa shape index (κ2) is 6.89. The Morgan fingerprint density at radius 2 is 2.25 bits per heavy atom. The monoisotopic (exact) mass is 226 g/mol. The average Bonchev–Trinajstić information content (AvgIpc) is 2.61. The highest BCUT2D eigenvalue weighted by Gasteiger charge is 2.28. The first kappa shape index (κ1) is 13.5. The molecule has 1 aliphatic rings. The predicted molar refractivity (Wildman–Crippen MR) is 67.4 cm³/mol. The highest BCUT2D eigenvalue weighted by Crippen LogP contribution is 2.14. The summed E-state index contributed by atoms with van der Waals surface area (Å²) in [6.45, 7) is 6.38. The van der Waals surface area contributed by atoms with Crippen molar-refractivity contribution in [3.63, 3.8) is 0 Å². The lowest BCUT2D eigenvalue weighted by Gasteiger charge is -2.18. The van der Waals surface area contributed by atoms with Crippen LogP contribution < -0.4 is 5.32 Å². The highest BCUT2D eigenvalue weighted by molar-refractivity contribution is 5.83. The standard InChI is InChI=1S/C13H26N2O/c1-4-6-7-11(5-2)10-14-12-8-9-15(3)13(12)16/h11-12,14H,4-10H2,1-3H3. The van der Waals surface area contributed by atoms with Gasteiger partial charge in [0, 0.05) is 13.6 Å². The molecule has 94 valence electrons. The van der Waals surface area contributed by atoms with Crippen molar-refractivity contribution < 1.29 is 4.79 Å². The molecule has 1 saturated heterocycles. The number of hydrogen-bond acceptors (Lipinski definition) is 2. The van der Waals surface area contributed by atoms with E-state index in [2.05, 4.69) is 19.2 Å². The van der Waals surface area contributed by atoms with Crippen LogP contribution in [0.5, 0.6) is 0 Å². The summed E-state index contributed by atoms with van der Waals surface area (Å²) in [7, 11) is 1.89. The summed E-state index contributed by atoms with van der Waals surface area (Å²) in [4.78, 5) is 13.5. The van der Waals surface area contributed by atoms with Crippen molar-refractivity contribution in [3.8, 4) is 0 Å². The molecule has 0 aromatic heterocycles. The lowest BCUT2D eigenvalue weighted by molar-refractivity contribution is -0.128. The van der Waals surface area contributed by atoms with Crippen molar-refractivity contribution in [3.05, 3.63) is 0 Å². The number of carbonyl (C=O) groups excluding carboxylic acids is 1. The van der Waals surface area contributed by atoms with Gasteiger partial charge < -0.3 is 10.2 Å². The molecule has 3 nitrogen and oxygen atoms in total. The molecule has 16 heavy (non-hydrogen) atoms. The molecule has 2 unspecified atom stereocenters. The minimum atomic E-state index is 0.0840. The zero-order valence-electron chi connectivity index (χ0n) is 11.0. The van der Waals surface area contributed by atoms with Crippen molar-refractivity contribution >= 4 is 5.91 Å². The van der Waals surface area contributed by atoms with E-state index < -0.39 is 0 Å². The third kappa shape index (κ3) is 3.78. The smallest absolute Gasteiger partial charge is 0.239 e. The molecular weight excluding hydrogens is 200 g/mol. The van der Waals surface area contributed by atoms with E-state index in [1.807, 2.05) is 11.9 Å². The van der Waals surface area contributed by atoms with E-state index in [1.54, 1.807) is 0 Å². The summed E-state index contributed by atoms with van der Waals surface area (Å²) in [5, 5.41) is 3.43. The minimum absolute atomic E-state index is 0.0840. The average molecular weight is 226 g/mol. The molecular formula is C13H26N2O. The minimum Gasteiger partial charge on any atom is -0.344 e. The van der Waals surface area contributed by atoms with E-state index in [0.717, 1.165) is 25.4 Å². The van der Waals surface area contributed by atoms with E-state index in [-0.39, 0.29) is 11.9 Å². The predicted octanol–water partition coefficient (Wildman–Crippen LogP) is 2.02. The van der Waals surface area contributed by atoms with E-state index in [1.165, 1.54) is 25.7 Å². The first-order valence-corrected chi connectivity index (χ1v) is 6.67. The molecule has 0 spiro atoms. The molecule has 0 bridgehead atoms. The molecule has 0 saturated carbocycles. The number of unbranched alkanes of at least 4 members (excludes halogenated alkanes) is 1. The summed E-state index contributed by atoms with van der Waals surface area (Å²) < 4.78 is 0. The van der Waals surface area contributed by atoms with Crippen molar-refractivity contribution in [2.75, 3.05) is 20.1 Å². The summed E-state index contributed by atoms with van der Waals surface area (Å²) in [6.07, 6.45) is 6.04. The Balaban J connectivity index is 2.24. The van der Waals surface area contributed by atoms with Gasteiger partial charge in [-0.3, -0.25) is 4.79 Å². The highest BCUT2D eigenvalue weighted by atomic mass is 16.2. The second-order valence-corrected chi connectivity index (χ2v) is 4.93. The fraction of sp³-hybridized carbons (Fsp3) is 0.923. The van der Waals surface area contributed by atoms with Crippen molar-refractivity contribution in [2.45, 2.75) is 52.0 Å². The maximum Gasteiger partial charge on any atom is 0.239 e. The van der Waals surface area contributed by atoms with E-state index in [0.29, 0.717) is 0 Å². The molecule has 1 fully saturated rings. The van der Waals surface area contributed by atoms with Crippen LogP contribution in [0.1, 0.15) is 46.0 Å². The van der Waals surface area contributed by atoms with Gasteiger partial charge in [0.2, 0.25) is 5.91 Å². The maximum atomic E-state index is 11.7. The Morgan fingerprint density at radius 3 is 2.75 bits per heavy atom. The number of carbonyl (C=O) groups is 1. The van der Waals surface area contributed by atoms with Gasteiger partial charge in [-0.05, 0) is 25.3 Å². The van der Waals surface area contributed by atoms with Gasteiger partial charge >= 0.3 is 0 Å². The van der Waals surface area contributed by atoms with E-state index >= 15 is 0 Å². The Bertz CT molecular complexity index is 218. The lowest BCUT2D eigenvalue weighted by atomic mass is 9.99. The Labute approximate surface area is 99.6 Å². The Hall–Kier alpha value is -0.570. The van der Waals surface area contributed by atoms with Crippen LogP contribution in [0.3, 0.4) is 0 Å². The quantitative estimate of drug-likeness (QED) is 0.720. The number of likely N-dealkylation sites (N-methyl/N-ethyl adjacent to an activating group) is 1. The van der Waals surface area contributed by atoms with Crippen LogP contribution in [0.25, 0.3) is 0 Å². The van der Waals surface area contributed by atoms with Crippen molar-refractivity contribution in [1.82, 2.24) is 10.2 Å². The van der Waals surface area contributed by atoms with Crippen LogP contribution in [0.15, 0.2) is 0 Å². The number of nitrogens with one attached hydrogen (secondary N) is 1.